The molecular formula is C13H19N3O3S. The summed E-state index contributed by atoms with van der Waals surface area (Å²) in [7, 11) is -3.32. The van der Waals surface area contributed by atoms with E-state index in [1.54, 1.807) is 0 Å². The summed E-state index contributed by atoms with van der Waals surface area (Å²) in [6.45, 7) is 0. The standard InChI is InChI=1S/C13H19N3O3S/c1-20(18,19)12-7-6-9(8-15-12)16-13(17)10-4-2-3-5-11(10)14/h6-8,10-11H,2-5,14H2,1H3,(H,16,17). The van der Waals surface area contributed by atoms with Crippen molar-refractivity contribution in [3.8, 4) is 0 Å². The Hall–Kier alpha value is -1.47. The van der Waals surface area contributed by atoms with Gasteiger partial charge in [0.2, 0.25) is 5.91 Å². The van der Waals surface area contributed by atoms with Gasteiger partial charge in [-0.3, -0.25) is 4.79 Å². The van der Waals surface area contributed by atoms with Gasteiger partial charge in [-0.1, -0.05) is 12.8 Å². The van der Waals surface area contributed by atoms with Gasteiger partial charge in [-0.15, -0.1) is 0 Å². The molecule has 0 bridgehead atoms. The van der Waals surface area contributed by atoms with Crippen molar-refractivity contribution in [1.82, 2.24) is 4.98 Å². The number of hydrogen-bond donors (Lipinski definition) is 2. The van der Waals surface area contributed by atoms with Crippen LogP contribution in [0.1, 0.15) is 25.7 Å². The molecule has 6 nitrogen and oxygen atoms in total. The van der Waals surface area contributed by atoms with Gasteiger partial charge in [-0.25, -0.2) is 13.4 Å². The Morgan fingerprint density at radius 2 is 2.05 bits per heavy atom. The maximum absolute atomic E-state index is 12.1. The zero-order valence-corrected chi connectivity index (χ0v) is 12.2. The lowest BCUT2D eigenvalue weighted by Crippen LogP contribution is -2.40. The van der Waals surface area contributed by atoms with Crippen LogP contribution in [-0.2, 0) is 14.6 Å². The van der Waals surface area contributed by atoms with Crippen LogP contribution in [0.2, 0.25) is 0 Å². The lowest BCUT2D eigenvalue weighted by Gasteiger charge is -2.27. The Morgan fingerprint density at radius 1 is 1.35 bits per heavy atom. The number of nitrogens with zero attached hydrogens (tertiary/aromatic N) is 1. The van der Waals surface area contributed by atoms with E-state index in [-0.39, 0.29) is 22.9 Å². The average molecular weight is 297 g/mol. The van der Waals surface area contributed by atoms with Crippen molar-refractivity contribution in [2.75, 3.05) is 11.6 Å². The molecule has 20 heavy (non-hydrogen) atoms. The predicted molar refractivity (Wildman–Crippen MR) is 75.9 cm³/mol. The number of carbonyl (C=O) groups is 1. The first-order valence-corrected chi connectivity index (χ1v) is 8.49. The summed E-state index contributed by atoms with van der Waals surface area (Å²) >= 11 is 0. The molecule has 110 valence electrons. The van der Waals surface area contributed by atoms with Gasteiger partial charge in [0.25, 0.3) is 0 Å². The van der Waals surface area contributed by atoms with Crippen LogP contribution in [0.15, 0.2) is 23.4 Å². The zero-order chi connectivity index (χ0) is 14.8. The molecule has 1 heterocycles. The van der Waals surface area contributed by atoms with Crippen LogP contribution in [0.4, 0.5) is 5.69 Å². The van der Waals surface area contributed by atoms with Gasteiger partial charge in [0.05, 0.1) is 17.8 Å². The lowest BCUT2D eigenvalue weighted by atomic mass is 9.84. The summed E-state index contributed by atoms with van der Waals surface area (Å²) in [6, 6.07) is 2.81. The van der Waals surface area contributed by atoms with E-state index in [2.05, 4.69) is 10.3 Å². The van der Waals surface area contributed by atoms with Crippen LogP contribution in [0.3, 0.4) is 0 Å². The molecule has 1 fully saturated rings. The first kappa shape index (κ1) is 14.9. The normalized spacial score (nSPS) is 23.3. The third kappa shape index (κ3) is 3.55. The maximum atomic E-state index is 12.1. The van der Waals surface area contributed by atoms with Crippen molar-refractivity contribution in [3.63, 3.8) is 0 Å². The summed E-state index contributed by atoms with van der Waals surface area (Å²) in [5, 5.41) is 2.74. The molecule has 0 saturated heterocycles. The minimum Gasteiger partial charge on any atom is -0.327 e. The minimum absolute atomic E-state index is 0.00938. The largest absolute Gasteiger partial charge is 0.327 e. The predicted octanol–water partition coefficient (Wildman–Crippen LogP) is 0.941. The van der Waals surface area contributed by atoms with E-state index in [1.165, 1.54) is 18.3 Å². The number of carbonyl (C=O) groups excluding carboxylic acids is 1. The number of amides is 1. The summed E-state index contributed by atoms with van der Waals surface area (Å²) < 4.78 is 22.6. The van der Waals surface area contributed by atoms with Crippen molar-refractivity contribution in [2.45, 2.75) is 36.8 Å². The van der Waals surface area contributed by atoms with Crippen molar-refractivity contribution < 1.29 is 13.2 Å². The van der Waals surface area contributed by atoms with Crippen molar-refractivity contribution in [1.29, 1.82) is 0 Å². The molecule has 1 aromatic heterocycles. The van der Waals surface area contributed by atoms with Crippen molar-refractivity contribution in [3.05, 3.63) is 18.3 Å². The van der Waals surface area contributed by atoms with Crippen LogP contribution in [0, 0.1) is 5.92 Å². The number of rotatable bonds is 3. The Balaban J connectivity index is 2.04. The summed E-state index contributed by atoms with van der Waals surface area (Å²) in [5.74, 6) is -0.301. The van der Waals surface area contributed by atoms with Crippen LogP contribution in [0.25, 0.3) is 0 Å². The van der Waals surface area contributed by atoms with E-state index < -0.39 is 9.84 Å². The monoisotopic (exact) mass is 297 g/mol. The quantitative estimate of drug-likeness (QED) is 0.864. The highest BCUT2D eigenvalue weighted by Gasteiger charge is 2.28. The molecule has 1 aromatic rings. The molecule has 1 aliphatic rings. The van der Waals surface area contributed by atoms with Gasteiger partial charge >= 0.3 is 0 Å². The van der Waals surface area contributed by atoms with E-state index >= 15 is 0 Å². The topological polar surface area (TPSA) is 102 Å². The molecule has 0 spiro atoms. The number of nitrogens with two attached hydrogens (primary N) is 1. The van der Waals surface area contributed by atoms with Crippen LogP contribution in [-0.4, -0.2) is 31.6 Å². The van der Waals surface area contributed by atoms with Crippen LogP contribution < -0.4 is 11.1 Å². The summed E-state index contributed by atoms with van der Waals surface area (Å²) in [5.41, 5.74) is 6.45. The third-order valence-electron chi connectivity index (χ3n) is 3.54. The number of pyridine rings is 1. The Kier molecular flexibility index (Phi) is 4.39. The molecular weight excluding hydrogens is 278 g/mol. The lowest BCUT2D eigenvalue weighted by molar-refractivity contribution is -0.121. The second-order valence-electron chi connectivity index (χ2n) is 5.20. The fourth-order valence-corrected chi connectivity index (χ4v) is 2.95. The van der Waals surface area contributed by atoms with Gasteiger partial charge in [-0.2, -0.15) is 0 Å². The Morgan fingerprint density at radius 3 is 2.60 bits per heavy atom. The molecule has 7 heteroatoms. The zero-order valence-electron chi connectivity index (χ0n) is 11.4. The average Bonchev–Trinajstić information content (AvgIpc) is 2.38. The maximum Gasteiger partial charge on any atom is 0.229 e. The number of aromatic nitrogens is 1. The van der Waals surface area contributed by atoms with E-state index in [0.29, 0.717) is 5.69 Å². The first-order valence-electron chi connectivity index (χ1n) is 6.60. The Labute approximate surface area is 118 Å². The van der Waals surface area contributed by atoms with Gasteiger partial charge in [-0.05, 0) is 25.0 Å². The van der Waals surface area contributed by atoms with Gasteiger partial charge in [0.15, 0.2) is 14.9 Å². The number of anilines is 1. The van der Waals surface area contributed by atoms with Gasteiger partial charge in [0.1, 0.15) is 0 Å². The highest BCUT2D eigenvalue weighted by molar-refractivity contribution is 7.90. The summed E-state index contributed by atoms with van der Waals surface area (Å²) in [6.07, 6.45) is 6.18. The molecule has 2 atom stereocenters. The van der Waals surface area contributed by atoms with E-state index in [0.717, 1.165) is 31.9 Å². The Bertz CT molecular complexity index is 583. The van der Waals surface area contributed by atoms with Gasteiger partial charge in [0, 0.05) is 12.3 Å². The molecule has 1 saturated carbocycles. The van der Waals surface area contributed by atoms with E-state index in [9.17, 15) is 13.2 Å². The van der Waals surface area contributed by atoms with Crippen LogP contribution >= 0.6 is 0 Å². The molecule has 3 N–H and O–H groups in total. The second kappa shape index (κ2) is 5.88. The molecule has 0 radical (unpaired) electrons. The number of sulfone groups is 1. The first-order chi connectivity index (χ1) is 9.38. The van der Waals surface area contributed by atoms with E-state index in [4.69, 9.17) is 5.73 Å². The van der Waals surface area contributed by atoms with Crippen molar-refractivity contribution >= 4 is 21.4 Å². The molecule has 1 amide bonds. The molecule has 0 aromatic carbocycles. The fraction of sp³-hybridized carbons (Fsp3) is 0.538. The van der Waals surface area contributed by atoms with Crippen molar-refractivity contribution in [2.24, 2.45) is 11.7 Å². The van der Waals surface area contributed by atoms with Crippen LogP contribution in [0.5, 0.6) is 0 Å². The second-order valence-corrected chi connectivity index (χ2v) is 7.16. The highest BCUT2D eigenvalue weighted by Crippen LogP contribution is 2.24. The number of hydrogen-bond acceptors (Lipinski definition) is 5. The molecule has 0 aliphatic heterocycles. The fourth-order valence-electron chi connectivity index (χ4n) is 2.39. The molecule has 2 unspecified atom stereocenters. The SMILES string of the molecule is CS(=O)(=O)c1ccc(NC(=O)C2CCCCC2N)cn1. The molecule has 1 aliphatic carbocycles. The third-order valence-corrected chi connectivity index (χ3v) is 4.54. The minimum atomic E-state index is -3.32. The van der Waals surface area contributed by atoms with Gasteiger partial charge < -0.3 is 11.1 Å². The number of nitrogens with one attached hydrogen (secondary N) is 1. The smallest absolute Gasteiger partial charge is 0.229 e. The summed E-state index contributed by atoms with van der Waals surface area (Å²) in [4.78, 5) is 16.0. The molecule has 2 rings (SSSR count). The van der Waals surface area contributed by atoms with E-state index in [1.807, 2.05) is 0 Å². The highest BCUT2D eigenvalue weighted by atomic mass is 32.2.